The van der Waals surface area contributed by atoms with Gasteiger partial charge in [-0.2, -0.15) is 0 Å². The second-order valence-electron chi connectivity index (χ2n) is 5.33. The summed E-state index contributed by atoms with van der Waals surface area (Å²) >= 11 is 0. The van der Waals surface area contributed by atoms with Gasteiger partial charge in [0.1, 0.15) is 5.82 Å². The predicted molar refractivity (Wildman–Crippen MR) is 87.3 cm³/mol. The Morgan fingerprint density at radius 1 is 1.19 bits per heavy atom. The number of anilines is 1. The zero-order valence-corrected chi connectivity index (χ0v) is 13.1. The van der Waals surface area contributed by atoms with Gasteiger partial charge in [-0.05, 0) is 31.0 Å². The highest BCUT2D eigenvalue weighted by atomic mass is 15.2. The maximum Gasteiger partial charge on any atom is 0.147 e. The summed E-state index contributed by atoms with van der Waals surface area (Å²) in [4.78, 5) is 11.1. The van der Waals surface area contributed by atoms with E-state index < -0.39 is 0 Å². The minimum atomic E-state index is 0.771. The van der Waals surface area contributed by atoms with Crippen molar-refractivity contribution in [1.82, 2.24) is 15.3 Å². The Kier molecular flexibility index (Phi) is 5.69. The van der Waals surface area contributed by atoms with E-state index in [1.807, 2.05) is 12.4 Å². The Balaban J connectivity index is 2.03. The molecule has 0 saturated carbocycles. The van der Waals surface area contributed by atoms with Crippen molar-refractivity contribution in [2.45, 2.75) is 33.4 Å². The first kappa shape index (κ1) is 15.4. The molecular weight excluding hydrogens is 260 g/mol. The van der Waals surface area contributed by atoms with Gasteiger partial charge in [0.25, 0.3) is 0 Å². The van der Waals surface area contributed by atoms with Crippen LogP contribution < -0.4 is 10.2 Å². The van der Waals surface area contributed by atoms with Crippen molar-refractivity contribution in [2.75, 3.05) is 18.5 Å². The lowest BCUT2D eigenvalue weighted by molar-refractivity contribution is 0.661. The molecule has 0 unspecified atom stereocenters. The average molecular weight is 284 g/mol. The maximum absolute atomic E-state index is 4.67. The van der Waals surface area contributed by atoms with Gasteiger partial charge in [0.05, 0.1) is 11.9 Å². The van der Waals surface area contributed by atoms with Crippen LogP contribution in [0.25, 0.3) is 0 Å². The molecule has 0 bridgehead atoms. The van der Waals surface area contributed by atoms with Crippen LogP contribution in [0, 0.1) is 6.92 Å². The topological polar surface area (TPSA) is 41.1 Å². The molecule has 112 valence electrons. The fraction of sp³-hybridized carbons (Fsp3) is 0.412. The largest absolute Gasteiger partial charge is 0.354 e. The molecule has 0 spiro atoms. The van der Waals surface area contributed by atoms with Crippen LogP contribution in [0.2, 0.25) is 0 Å². The average Bonchev–Trinajstić information content (AvgIpc) is 2.50. The molecule has 1 aromatic heterocycles. The Labute approximate surface area is 127 Å². The van der Waals surface area contributed by atoms with Crippen molar-refractivity contribution in [3.05, 3.63) is 53.5 Å². The third-order valence-corrected chi connectivity index (χ3v) is 3.46. The smallest absolute Gasteiger partial charge is 0.147 e. The number of aromatic nitrogens is 2. The highest BCUT2D eigenvalue weighted by molar-refractivity contribution is 5.38. The summed E-state index contributed by atoms with van der Waals surface area (Å²) in [7, 11) is 2.06. The fourth-order valence-corrected chi connectivity index (χ4v) is 2.18. The van der Waals surface area contributed by atoms with Gasteiger partial charge in [-0.25, -0.2) is 4.98 Å². The fourth-order valence-electron chi connectivity index (χ4n) is 2.18. The van der Waals surface area contributed by atoms with Crippen molar-refractivity contribution in [1.29, 1.82) is 0 Å². The molecule has 4 heteroatoms. The molecule has 0 aliphatic carbocycles. The number of rotatable bonds is 7. The third-order valence-electron chi connectivity index (χ3n) is 3.46. The van der Waals surface area contributed by atoms with Gasteiger partial charge in [-0.15, -0.1) is 0 Å². The molecule has 2 rings (SSSR count). The molecule has 1 heterocycles. The van der Waals surface area contributed by atoms with Gasteiger partial charge in [0, 0.05) is 26.3 Å². The molecule has 0 radical (unpaired) electrons. The van der Waals surface area contributed by atoms with E-state index in [-0.39, 0.29) is 0 Å². The quantitative estimate of drug-likeness (QED) is 0.794. The van der Waals surface area contributed by atoms with Gasteiger partial charge in [-0.3, -0.25) is 4.98 Å². The van der Waals surface area contributed by atoms with E-state index in [1.54, 1.807) is 0 Å². The van der Waals surface area contributed by atoms with Gasteiger partial charge in [0.2, 0.25) is 0 Å². The van der Waals surface area contributed by atoms with E-state index in [9.17, 15) is 0 Å². The van der Waals surface area contributed by atoms with Crippen molar-refractivity contribution < 1.29 is 0 Å². The number of hydrogen-bond donors (Lipinski definition) is 1. The van der Waals surface area contributed by atoms with Crippen LogP contribution in [-0.4, -0.2) is 23.6 Å². The molecule has 21 heavy (non-hydrogen) atoms. The van der Waals surface area contributed by atoms with Crippen LogP contribution >= 0.6 is 0 Å². The Morgan fingerprint density at radius 3 is 2.76 bits per heavy atom. The maximum atomic E-state index is 4.67. The lowest BCUT2D eigenvalue weighted by Crippen LogP contribution is -2.20. The van der Waals surface area contributed by atoms with Crippen molar-refractivity contribution >= 4 is 5.82 Å². The highest BCUT2D eigenvalue weighted by Crippen LogP contribution is 2.14. The Bertz CT molecular complexity index is 568. The minimum Gasteiger partial charge on any atom is -0.354 e. The molecule has 0 atom stereocenters. The highest BCUT2D eigenvalue weighted by Gasteiger charge is 2.07. The normalized spacial score (nSPS) is 10.6. The predicted octanol–water partition coefficient (Wildman–Crippen LogP) is 2.92. The van der Waals surface area contributed by atoms with Crippen LogP contribution in [0.1, 0.15) is 30.2 Å². The summed E-state index contributed by atoms with van der Waals surface area (Å²) in [6.07, 6.45) is 4.77. The molecule has 0 aliphatic rings. The number of nitrogens with zero attached hydrogens (tertiary/aromatic N) is 3. The number of aryl methyl sites for hydroxylation is 1. The first-order chi connectivity index (χ1) is 10.2. The van der Waals surface area contributed by atoms with E-state index in [0.717, 1.165) is 37.6 Å². The van der Waals surface area contributed by atoms with Crippen LogP contribution in [0.15, 0.2) is 36.7 Å². The molecular formula is C17H24N4. The molecule has 0 saturated heterocycles. The monoisotopic (exact) mass is 284 g/mol. The van der Waals surface area contributed by atoms with Crippen molar-refractivity contribution in [3.8, 4) is 0 Å². The van der Waals surface area contributed by atoms with E-state index in [1.165, 1.54) is 11.1 Å². The van der Waals surface area contributed by atoms with E-state index >= 15 is 0 Å². The number of nitrogens with one attached hydrogen (secondary N) is 1. The second kappa shape index (κ2) is 7.74. The summed E-state index contributed by atoms with van der Waals surface area (Å²) in [6, 6.07) is 8.44. The van der Waals surface area contributed by atoms with E-state index in [0.29, 0.717) is 0 Å². The molecule has 0 amide bonds. The van der Waals surface area contributed by atoms with Crippen molar-refractivity contribution in [3.63, 3.8) is 0 Å². The van der Waals surface area contributed by atoms with E-state index in [4.69, 9.17) is 0 Å². The van der Waals surface area contributed by atoms with E-state index in [2.05, 4.69) is 65.3 Å². The summed E-state index contributed by atoms with van der Waals surface area (Å²) in [5.41, 5.74) is 3.60. The summed E-state index contributed by atoms with van der Waals surface area (Å²) < 4.78 is 0. The minimum absolute atomic E-state index is 0.771. The van der Waals surface area contributed by atoms with Gasteiger partial charge in [0.15, 0.2) is 0 Å². The first-order valence-corrected chi connectivity index (χ1v) is 7.48. The van der Waals surface area contributed by atoms with Gasteiger partial charge < -0.3 is 10.2 Å². The lowest BCUT2D eigenvalue weighted by atomic mass is 10.1. The Hall–Kier alpha value is -1.94. The molecule has 1 aromatic carbocycles. The molecule has 0 aliphatic heterocycles. The molecule has 4 nitrogen and oxygen atoms in total. The number of hydrogen-bond acceptors (Lipinski definition) is 4. The van der Waals surface area contributed by atoms with Crippen LogP contribution in [-0.2, 0) is 13.1 Å². The third kappa shape index (κ3) is 4.53. The molecule has 1 N–H and O–H groups in total. The summed E-state index contributed by atoms with van der Waals surface area (Å²) in [5, 5.41) is 3.36. The van der Waals surface area contributed by atoms with Gasteiger partial charge >= 0.3 is 0 Å². The van der Waals surface area contributed by atoms with Crippen LogP contribution in [0.5, 0.6) is 0 Å². The van der Waals surface area contributed by atoms with Crippen LogP contribution in [0.3, 0.4) is 0 Å². The summed E-state index contributed by atoms with van der Waals surface area (Å²) in [6.45, 7) is 6.91. The zero-order chi connectivity index (χ0) is 15.1. The molecule has 0 fully saturated rings. The SMILES string of the molecule is CCCNCc1cncc(N(C)Cc2ccccc2C)n1. The zero-order valence-electron chi connectivity index (χ0n) is 13.1. The van der Waals surface area contributed by atoms with Crippen LogP contribution in [0.4, 0.5) is 5.82 Å². The lowest BCUT2D eigenvalue weighted by Gasteiger charge is -2.19. The Morgan fingerprint density at radius 2 is 2.00 bits per heavy atom. The molecule has 2 aromatic rings. The standard InChI is InChI=1S/C17H24N4/c1-4-9-18-10-16-11-19-12-17(20-16)21(3)13-15-8-6-5-7-14(15)2/h5-8,11-12,18H,4,9-10,13H2,1-3H3. The van der Waals surface area contributed by atoms with Gasteiger partial charge in [-0.1, -0.05) is 31.2 Å². The first-order valence-electron chi connectivity index (χ1n) is 7.48. The second-order valence-corrected chi connectivity index (χ2v) is 5.33. The summed E-state index contributed by atoms with van der Waals surface area (Å²) in [5.74, 6) is 0.911. The number of benzene rings is 1. The van der Waals surface area contributed by atoms with Crippen molar-refractivity contribution in [2.24, 2.45) is 0 Å².